The van der Waals surface area contributed by atoms with Crippen LogP contribution in [0.5, 0.6) is 5.75 Å². The van der Waals surface area contributed by atoms with Crippen LogP contribution in [0.25, 0.3) is 10.2 Å². The van der Waals surface area contributed by atoms with Crippen molar-refractivity contribution in [1.82, 2.24) is 15.2 Å². The van der Waals surface area contributed by atoms with Crippen LogP contribution >= 0.6 is 22.9 Å². The Morgan fingerprint density at radius 2 is 2.03 bits per heavy atom. The Balaban J connectivity index is 1.37. The Bertz CT molecular complexity index is 1420. The molecule has 0 radical (unpaired) electrons. The topological polar surface area (TPSA) is 118 Å². The summed E-state index contributed by atoms with van der Waals surface area (Å²) in [6.45, 7) is 6.98. The van der Waals surface area contributed by atoms with Gasteiger partial charge in [0.25, 0.3) is 5.91 Å². The molecule has 4 rings (SSSR count). The zero-order valence-corrected chi connectivity index (χ0v) is 23.2. The molecule has 12 heteroatoms. The number of ether oxygens (including phenoxy) is 1. The van der Waals surface area contributed by atoms with Crippen LogP contribution in [0.1, 0.15) is 37.0 Å². The number of benzene rings is 2. The van der Waals surface area contributed by atoms with Crippen LogP contribution in [-0.4, -0.2) is 62.2 Å². The van der Waals surface area contributed by atoms with Crippen molar-refractivity contribution in [2.75, 3.05) is 31.3 Å². The molecule has 37 heavy (non-hydrogen) atoms. The summed E-state index contributed by atoms with van der Waals surface area (Å²) >= 11 is 7.33. The van der Waals surface area contributed by atoms with E-state index >= 15 is 0 Å². The largest absolute Gasteiger partial charge is 0.493 e. The Kier molecular flexibility index (Phi) is 8.37. The highest BCUT2D eigenvalue weighted by molar-refractivity contribution is 7.90. The summed E-state index contributed by atoms with van der Waals surface area (Å²) in [5.41, 5.74) is 0.644. The average molecular weight is 565 g/mol. The Labute approximate surface area is 225 Å². The fraction of sp³-hybridized carbons (Fsp3) is 0.400. The van der Waals surface area contributed by atoms with Crippen LogP contribution in [0.2, 0.25) is 5.02 Å². The molecule has 1 unspecified atom stereocenters. The van der Waals surface area contributed by atoms with Gasteiger partial charge in [0.2, 0.25) is 0 Å². The lowest BCUT2D eigenvalue weighted by Gasteiger charge is -2.35. The number of nitrogens with zero attached hydrogens (tertiary/aromatic N) is 2. The molecule has 0 saturated carbocycles. The maximum Gasteiger partial charge on any atom is 0.327 e. The normalized spacial score (nSPS) is 16.6. The molecule has 2 heterocycles. The zero-order chi connectivity index (χ0) is 26.7. The molecule has 0 bridgehead atoms. The molecule has 1 fully saturated rings. The molecule has 198 valence electrons. The summed E-state index contributed by atoms with van der Waals surface area (Å²) in [5, 5.41) is 5.17. The maximum atomic E-state index is 12.8. The van der Waals surface area contributed by atoms with Crippen molar-refractivity contribution in [1.29, 1.82) is 0 Å². The second kappa shape index (κ2) is 11.3. The van der Waals surface area contributed by atoms with Gasteiger partial charge in [0, 0.05) is 24.8 Å². The van der Waals surface area contributed by atoms with Gasteiger partial charge in [-0.25, -0.2) is 18.2 Å². The summed E-state index contributed by atoms with van der Waals surface area (Å²) in [4.78, 5) is 32.1. The van der Waals surface area contributed by atoms with Gasteiger partial charge in [-0.1, -0.05) is 22.9 Å². The number of fused-ring (bicyclic) bond motifs is 1. The smallest absolute Gasteiger partial charge is 0.327 e. The first-order valence-corrected chi connectivity index (χ1v) is 15.0. The quantitative estimate of drug-likeness (QED) is 0.422. The van der Waals surface area contributed by atoms with E-state index in [9.17, 15) is 18.0 Å². The minimum Gasteiger partial charge on any atom is -0.493 e. The number of carbonyl (C=O) groups excluding carboxylic acids is 2. The van der Waals surface area contributed by atoms with E-state index in [2.05, 4.69) is 34.4 Å². The number of piperidine rings is 1. The second-order valence-corrected chi connectivity index (χ2v) is 12.8. The molecule has 2 N–H and O–H groups in total. The van der Waals surface area contributed by atoms with E-state index in [-0.39, 0.29) is 20.6 Å². The molecule has 1 aromatic heterocycles. The minimum atomic E-state index is -3.37. The summed E-state index contributed by atoms with van der Waals surface area (Å²) in [6, 6.07) is 9.02. The van der Waals surface area contributed by atoms with E-state index in [0.717, 1.165) is 43.5 Å². The van der Waals surface area contributed by atoms with E-state index < -0.39 is 21.8 Å². The number of sulfone groups is 1. The third-order valence-corrected chi connectivity index (χ3v) is 8.56. The van der Waals surface area contributed by atoms with Gasteiger partial charge in [0.1, 0.15) is 5.75 Å². The number of aromatic nitrogens is 1. The molecule has 2 aromatic carbocycles. The summed E-state index contributed by atoms with van der Waals surface area (Å²) < 4.78 is 30.1. The Morgan fingerprint density at radius 3 is 2.76 bits per heavy atom. The Morgan fingerprint density at radius 1 is 1.24 bits per heavy atom. The van der Waals surface area contributed by atoms with Gasteiger partial charge in [-0.15, -0.1) is 0 Å². The standard InChI is InChI=1S/C25H29ClN4O5S2/c1-15(2)30-10-4-5-16(13-30)14-35-17-6-8-20(26)19(11-17)23(31)28-24(32)29-25-27-21-9-7-18(37(3,33)34)12-22(21)36-25/h6-9,11-12,15-16H,4-5,10,13-14H2,1-3H3,(H2,27,28,29,31,32). The molecule has 1 aliphatic heterocycles. The van der Waals surface area contributed by atoms with E-state index in [1.165, 1.54) is 18.2 Å². The fourth-order valence-corrected chi connectivity index (χ4v) is 6.00. The molecule has 9 nitrogen and oxygen atoms in total. The molecule has 1 atom stereocenters. The molecular weight excluding hydrogens is 536 g/mol. The summed E-state index contributed by atoms with van der Waals surface area (Å²) in [6.07, 6.45) is 3.34. The highest BCUT2D eigenvalue weighted by Crippen LogP contribution is 2.28. The van der Waals surface area contributed by atoms with Crippen LogP contribution in [0.3, 0.4) is 0 Å². The van der Waals surface area contributed by atoms with Gasteiger partial charge >= 0.3 is 6.03 Å². The highest BCUT2D eigenvalue weighted by Gasteiger charge is 2.23. The van der Waals surface area contributed by atoms with Crippen molar-refractivity contribution < 1.29 is 22.7 Å². The number of amides is 3. The minimum absolute atomic E-state index is 0.115. The van der Waals surface area contributed by atoms with Crippen LogP contribution < -0.4 is 15.4 Å². The van der Waals surface area contributed by atoms with Gasteiger partial charge in [-0.05, 0) is 69.6 Å². The molecule has 3 amide bonds. The number of likely N-dealkylation sites (tertiary alicyclic amines) is 1. The van der Waals surface area contributed by atoms with E-state index in [4.69, 9.17) is 16.3 Å². The molecule has 1 aliphatic rings. The highest BCUT2D eigenvalue weighted by atomic mass is 35.5. The van der Waals surface area contributed by atoms with Crippen molar-refractivity contribution in [2.45, 2.75) is 37.6 Å². The van der Waals surface area contributed by atoms with Gasteiger partial charge in [0.15, 0.2) is 15.0 Å². The van der Waals surface area contributed by atoms with E-state index in [1.807, 2.05) is 0 Å². The summed E-state index contributed by atoms with van der Waals surface area (Å²) in [7, 11) is -3.37. The van der Waals surface area contributed by atoms with Crippen molar-refractivity contribution in [3.8, 4) is 5.75 Å². The molecule has 0 aliphatic carbocycles. The van der Waals surface area contributed by atoms with Gasteiger partial charge in [0.05, 0.1) is 32.3 Å². The predicted molar refractivity (Wildman–Crippen MR) is 146 cm³/mol. The molecular formula is C25H29ClN4O5S2. The SMILES string of the molecule is CC(C)N1CCCC(COc2ccc(Cl)c(C(=O)NC(=O)Nc3nc4ccc(S(C)(=O)=O)cc4s3)c2)C1. The second-order valence-electron chi connectivity index (χ2n) is 9.38. The van der Waals surface area contributed by atoms with E-state index in [1.54, 1.807) is 18.2 Å². The molecule has 1 saturated heterocycles. The average Bonchev–Trinajstić information content (AvgIpc) is 3.24. The van der Waals surface area contributed by atoms with Crippen molar-refractivity contribution in [2.24, 2.45) is 5.92 Å². The number of nitrogens with one attached hydrogen (secondary N) is 2. The number of imide groups is 1. The number of carbonyl (C=O) groups is 2. The van der Waals surface area contributed by atoms with Crippen LogP contribution in [0, 0.1) is 5.92 Å². The van der Waals surface area contributed by atoms with Crippen LogP contribution in [0.4, 0.5) is 9.93 Å². The number of rotatable bonds is 7. The fourth-order valence-electron chi connectivity index (χ4n) is 4.17. The number of anilines is 1. The first kappa shape index (κ1) is 27.3. The Hall–Kier alpha value is -2.73. The maximum absolute atomic E-state index is 12.8. The monoisotopic (exact) mass is 564 g/mol. The summed E-state index contributed by atoms with van der Waals surface area (Å²) in [5.74, 6) is 0.221. The van der Waals surface area contributed by atoms with Gasteiger partial charge in [-0.2, -0.15) is 0 Å². The lowest BCUT2D eigenvalue weighted by atomic mass is 9.98. The number of halogens is 1. The first-order valence-electron chi connectivity index (χ1n) is 11.9. The van der Waals surface area contributed by atoms with E-state index in [0.29, 0.717) is 34.5 Å². The van der Waals surface area contributed by atoms with Crippen molar-refractivity contribution in [3.63, 3.8) is 0 Å². The lowest BCUT2D eigenvalue weighted by molar-refractivity contribution is 0.0964. The van der Waals surface area contributed by atoms with Crippen LogP contribution in [0.15, 0.2) is 41.3 Å². The number of hydrogen-bond acceptors (Lipinski definition) is 8. The first-order chi connectivity index (χ1) is 17.5. The zero-order valence-electron chi connectivity index (χ0n) is 20.8. The number of hydrogen-bond donors (Lipinski definition) is 2. The number of urea groups is 1. The number of thiazole rings is 1. The van der Waals surface area contributed by atoms with Crippen molar-refractivity contribution in [3.05, 3.63) is 47.0 Å². The van der Waals surface area contributed by atoms with Crippen LogP contribution in [-0.2, 0) is 9.84 Å². The van der Waals surface area contributed by atoms with Gasteiger partial charge < -0.3 is 9.64 Å². The molecule has 0 spiro atoms. The van der Waals surface area contributed by atoms with Crippen molar-refractivity contribution >= 4 is 60.1 Å². The molecule has 3 aromatic rings. The van der Waals surface area contributed by atoms with Gasteiger partial charge in [-0.3, -0.25) is 15.4 Å². The predicted octanol–water partition coefficient (Wildman–Crippen LogP) is 4.81. The lowest BCUT2D eigenvalue weighted by Crippen LogP contribution is -2.41. The third-order valence-electron chi connectivity index (χ3n) is 6.18. The third kappa shape index (κ3) is 6.98.